The van der Waals surface area contributed by atoms with Gasteiger partial charge in [-0.2, -0.15) is 0 Å². The average molecular weight is 421 g/mol. The second-order valence-corrected chi connectivity index (χ2v) is 8.70. The van der Waals surface area contributed by atoms with Crippen LogP contribution in [0.1, 0.15) is 27.2 Å². The third kappa shape index (κ3) is 5.32. The van der Waals surface area contributed by atoms with E-state index >= 15 is 0 Å². The van der Waals surface area contributed by atoms with Gasteiger partial charge in [-0.1, -0.05) is 17.7 Å². The SMILES string of the molecule is CN1CCc2ccc(NC(=O)[C@@H](CCN)NC(=O)c3ccc(Cl)s3)cc2CC1. The number of halogens is 1. The number of hydrogen-bond donors (Lipinski definition) is 3. The first-order valence-electron chi connectivity index (χ1n) is 9.33. The average Bonchev–Trinajstić information content (AvgIpc) is 3.02. The summed E-state index contributed by atoms with van der Waals surface area (Å²) >= 11 is 7.06. The van der Waals surface area contributed by atoms with Crippen molar-refractivity contribution in [2.24, 2.45) is 5.73 Å². The van der Waals surface area contributed by atoms with E-state index in [-0.39, 0.29) is 11.8 Å². The standard InChI is InChI=1S/C20H25ClN4O2S/c1-25-10-7-13-2-3-15(12-14(13)8-11-25)23-19(26)16(6-9-22)24-20(27)17-4-5-18(21)28-17/h2-5,12,16H,6-11,22H2,1H3,(H,23,26)(H,24,27)/t16-/m1/s1. The highest BCUT2D eigenvalue weighted by atomic mass is 35.5. The summed E-state index contributed by atoms with van der Waals surface area (Å²) < 4.78 is 0.528. The number of nitrogens with two attached hydrogens (primary N) is 1. The fourth-order valence-corrected chi connectivity index (χ4v) is 4.19. The first-order valence-corrected chi connectivity index (χ1v) is 10.5. The Morgan fingerprint density at radius 1 is 1.21 bits per heavy atom. The highest BCUT2D eigenvalue weighted by Gasteiger charge is 2.22. The first-order chi connectivity index (χ1) is 13.5. The van der Waals surface area contributed by atoms with Crippen LogP contribution >= 0.6 is 22.9 Å². The van der Waals surface area contributed by atoms with Gasteiger partial charge in [0.1, 0.15) is 6.04 Å². The summed E-state index contributed by atoms with van der Waals surface area (Å²) in [5.74, 6) is -0.595. The third-order valence-corrected chi connectivity index (χ3v) is 6.10. The quantitative estimate of drug-likeness (QED) is 0.670. The van der Waals surface area contributed by atoms with Crippen LogP contribution in [0.3, 0.4) is 0 Å². The lowest BCUT2D eigenvalue weighted by Gasteiger charge is -2.18. The molecule has 1 aliphatic heterocycles. The number of anilines is 1. The summed E-state index contributed by atoms with van der Waals surface area (Å²) in [7, 11) is 2.12. The van der Waals surface area contributed by atoms with Crippen molar-refractivity contribution >= 4 is 40.4 Å². The van der Waals surface area contributed by atoms with Crippen LogP contribution < -0.4 is 16.4 Å². The Labute approximate surface area is 174 Å². The molecule has 1 atom stereocenters. The topological polar surface area (TPSA) is 87.5 Å². The van der Waals surface area contributed by atoms with Crippen LogP contribution in [0.2, 0.25) is 4.34 Å². The second-order valence-electron chi connectivity index (χ2n) is 6.98. The molecule has 0 fully saturated rings. The molecular formula is C20H25ClN4O2S. The number of benzene rings is 1. The Kier molecular flexibility index (Phi) is 7.07. The van der Waals surface area contributed by atoms with E-state index in [2.05, 4.69) is 28.6 Å². The van der Waals surface area contributed by atoms with E-state index in [9.17, 15) is 9.59 Å². The third-order valence-electron chi connectivity index (χ3n) is 4.87. The summed E-state index contributed by atoms with van der Waals surface area (Å²) in [5.41, 5.74) is 8.97. The molecule has 6 nitrogen and oxygen atoms in total. The number of hydrogen-bond acceptors (Lipinski definition) is 5. The zero-order chi connectivity index (χ0) is 20.1. The van der Waals surface area contributed by atoms with Gasteiger partial charge in [-0.05, 0) is 68.2 Å². The molecule has 1 aromatic heterocycles. The number of amides is 2. The summed E-state index contributed by atoms with van der Waals surface area (Å²) in [4.78, 5) is 27.9. The lowest BCUT2D eigenvalue weighted by Crippen LogP contribution is -2.44. The number of carbonyl (C=O) groups is 2. The Morgan fingerprint density at radius 2 is 1.96 bits per heavy atom. The van der Waals surface area contributed by atoms with Crippen molar-refractivity contribution in [1.82, 2.24) is 10.2 Å². The van der Waals surface area contributed by atoms with Gasteiger partial charge in [-0.3, -0.25) is 9.59 Å². The maximum atomic E-state index is 12.8. The molecule has 2 aromatic rings. The number of likely N-dealkylation sites (N-methyl/N-ethyl adjacent to an activating group) is 1. The van der Waals surface area contributed by atoms with Gasteiger partial charge >= 0.3 is 0 Å². The molecule has 1 aromatic carbocycles. The van der Waals surface area contributed by atoms with E-state index in [1.807, 2.05) is 12.1 Å². The molecule has 28 heavy (non-hydrogen) atoms. The maximum Gasteiger partial charge on any atom is 0.262 e. The molecule has 2 amide bonds. The summed E-state index contributed by atoms with van der Waals surface area (Å²) in [6.45, 7) is 2.33. The molecule has 2 heterocycles. The second kappa shape index (κ2) is 9.52. The van der Waals surface area contributed by atoms with Crippen LogP contribution in [0.15, 0.2) is 30.3 Å². The molecule has 0 bridgehead atoms. The number of carbonyl (C=O) groups excluding carboxylic acids is 2. The number of rotatable bonds is 6. The van der Waals surface area contributed by atoms with Crippen LogP contribution in [0.4, 0.5) is 5.69 Å². The van der Waals surface area contributed by atoms with Crippen molar-refractivity contribution in [2.75, 3.05) is 32.0 Å². The van der Waals surface area contributed by atoms with Gasteiger partial charge < -0.3 is 21.3 Å². The molecule has 8 heteroatoms. The van der Waals surface area contributed by atoms with Crippen LogP contribution in [0.25, 0.3) is 0 Å². The Balaban J connectivity index is 1.68. The van der Waals surface area contributed by atoms with E-state index in [4.69, 9.17) is 17.3 Å². The minimum absolute atomic E-state index is 0.271. The van der Waals surface area contributed by atoms with E-state index in [1.165, 1.54) is 22.5 Å². The number of thiophene rings is 1. The van der Waals surface area contributed by atoms with Crippen molar-refractivity contribution in [3.8, 4) is 0 Å². The van der Waals surface area contributed by atoms with Crippen molar-refractivity contribution in [2.45, 2.75) is 25.3 Å². The molecule has 0 aliphatic carbocycles. The minimum atomic E-state index is -0.705. The first kappa shape index (κ1) is 20.8. The Morgan fingerprint density at radius 3 is 2.64 bits per heavy atom. The monoisotopic (exact) mass is 420 g/mol. The predicted octanol–water partition coefficient (Wildman–Crippen LogP) is 2.52. The smallest absolute Gasteiger partial charge is 0.262 e. The lowest BCUT2D eigenvalue weighted by molar-refractivity contribution is -0.118. The zero-order valence-electron chi connectivity index (χ0n) is 15.8. The Hall–Kier alpha value is -1.93. The molecule has 0 saturated heterocycles. The van der Waals surface area contributed by atoms with Crippen LogP contribution in [-0.2, 0) is 17.6 Å². The number of fused-ring (bicyclic) bond motifs is 1. The number of nitrogens with zero attached hydrogens (tertiary/aromatic N) is 1. The molecule has 4 N–H and O–H groups in total. The van der Waals surface area contributed by atoms with Crippen LogP contribution in [0, 0.1) is 0 Å². The van der Waals surface area contributed by atoms with E-state index in [0.717, 1.165) is 31.6 Å². The molecule has 150 valence electrons. The van der Waals surface area contributed by atoms with Gasteiger partial charge in [0.25, 0.3) is 5.91 Å². The molecule has 0 saturated carbocycles. The van der Waals surface area contributed by atoms with Gasteiger partial charge in [-0.15, -0.1) is 11.3 Å². The minimum Gasteiger partial charge on any atom is -0.339 e. The van der Waals surface area contributed by atoms with Crippen LogP contribution in [0.5, 0.6) is 0 Å². The normalized spacial score (nSPS) is 15.4. The van der Waals surface area contributed by atoms with Gasteiger partial charge in [0.2, 0.25) is 5.91 Å². The summed E-state index contributed by atoms with van der Waals surface area (Å²) in [6, 6.07) is 8.63. The van der Waals surface area contributed by atoms with E-state index in [1.54, 1.807) is 12.1 Å². The molecule has 1 aliphatic rings. The maximum absolute atomic E-state index is 12.8. The largest absolute Gasteiger partial charge is 0.339 e. The highest BCUT2D eigenvalue weighted by molar-refractivity contribution is 7.18. The van der Waals surface area contributed by atoms with Crippen molar-refractivity contribution in [1.29, 1.82) is 0 Å². The number of nitrogens with one attached hydrogen (secondary N) is 2. The van der Waals surface area contributed by atoms with Crippen molar-refractivity contribution < 1.29 is 9.59 Å². The van der Waals surface area contributed by atoms with E-state index < -0.39 is 6.04 Å². The highest BCUT2D eigenvalue weighted by Crippen LogP contribution is 2.22. The van der Waals surface area contributed by atoms with Gasteiger partial charge in [0, 0.05) is 18.8 Å². The summed E-state index contributed by atoms with van der Waals surface area (Å²) in [6.07, 6.45) is 2.32. The fourth-order valence-electron chi connectivity index (χ4n) is 3.25. The molecule has 0 radical (unpaired) electrons. The molecule has 0 spiro atoms. The van der Waals surface area contributed by atoms with Crippen LogP contribution in [-0.4, -0.2) is 49.4 Å². The van der Waals surface area contributed by atoms with Gasteiger partial charge in [0.15, 0.2) is 0 Å². The van der Waals surface area contributed by atoms with Crippen molar-refractivity contribution in [3.63, 3.8) is 0 Å². The summed E-state index contributed by atoms with van der Waals surface area (Å²) in [5, 5.41) is 5.68. The fraction of sp³-hybridized carbons (Fsp3) is 0.400. The lowest BCUT2D eigenvalue weighted by atomic mass is 10.0. The zero-order valence-corrected chi connectivity index (χ0v) is 17.4. The van der Waals surface area contributed by atoms with Crippen molar-refractivity contribution in [3.05, 3.63) is 50.7 Å². The van der Waals surface area contributed by atoms with Gasteiger partial charge in [-0.25, -0.2) is 0 Å². The predicted molar refractivity (Wildman–Crippen MR) is 114 cm³/mol. The molecule has 0 unspecified atom stereocenters. The van der Waals surface area contributed by atoms with Gasteiger partial charge in [0.05, 0.1) is 9.21 Å². The Bertz CT molecular complexity index is 854. The molecular weight excluding hydrogens is 396 g/mol. The molecule has 3 rings (SSSR count). The van der Waals surface area contributed by atoms with E-state index in [0.29, 0.717) is 22.2 Å².